The maximum atomic E-state index is 12.7. The summed E-state index contributed by atoms with van der Waals surface area (Å²) in [6.07, 6.45) is 3.04. The van der Waals surface area contributed by atoms with Crippen LogP contribution in [0.2, 0.25) is 0 Å². The molecule has 1 atom stereocenters. The molecule has 0 aromatic carbocycles. The Morgan fingerprint density at radius 3 is 2.74 bits per heavy atom. The highest BCUT2D eigenvalue weighted by molar-refractivity contribution is 7.18. The fourth-order valence-electron chi connectivity index (χ4n) is 3.09. The number of thiophene rings is 1. The summed E-state index contributed by atoms with van der Waals surface area (Å²) in [5.41, 5.74) is 6.27. The van der Waals surface area contributed by atoms with Crippen molar-refractivity contribution in [3.63, 3.8) is 0 Å². The largest absolute Gasteiger partial charge is 0.390 e. The standard InChI is InChI=1S/C14H14N2O2S/c1-7(17)10-9-4-5-14(6-15,8-2-3-8)12(18)11(9)19-13(10)16/h8H,2-5,16H2,1H3. The summed E-state index contributed by atoms with van der Waals surface area (Å²) in [4.78, 5) is 24.8. The van der Waals surface area contributed by atoms with Gasteiger partial charge in [-0.3, -0.25) is 9.59 Å². The Kier molecular flexibility index (Phi) is 2.55. The number of nitrogens with two attached hydrogens (primary N) is 1. The zero-order valence-corrected chi connectivity index (χ0v) is 11.5. The van der Waals surface area contributed by atoms with E-state index in [4.69, 9.17) is 5.73 Å². The monoisotopic (exact) mass is 274 g/mol. The molecule has 98 valence electrons. The van der Waals surface area contributed by atoms with Gasteiger partial charge < -0.3 is 5.73 Å². The van der Waals surface area contributed by atoms with Gasteiger partial charge in [-0.1, -0.05) is 0 Å². The van der Waals surface area contributed by atoms with Crippen LogP contribution in [0.3, 0.4) is 0 Å². The van der Waals surface area contributed by atoms with Crippen LogP contribution in [-0.4, -0.2) is 11.6 Å². The van der Waals surface area contributed by atoms with Gasteiger partial charge in [0.25, 0.3) is 0 Å². The van der Waals surface area contributed by atoms with Crippen molar-refractivity contribution in [2.24, 2.45) is 11.3 Å². The summed E-state index contributed by atoms with van der Waals surface area (Å²) in [5, 5.41) is 9.88. The second-order valence-corrected chi connectivity index (χ2v) is 6.44. The molecule has 0 saturated heterocycles. The molecule has 2 N–H and O–H groups in total. The van der Waals surface area contributed by atoms with Gasteiger partial charge in [0.2, 0.25) is 0 Å². The Bertz CT molecular complexity index is 637. The third kappa shape index (κ3) is 1.56. The predicted octanol–water partition coefficient (Wildman–Crippen LogP) is 2.58. The molecule has 1 aromatic rings. The first kappa shape index (κ1) is 12.4. The van der Waals surface area contributed by atoms with Crippen LogP contribution >= 0.6 is 11.3 Å². The molecule has 2 aliphatic carbocycles. The second kappa shape index (κ2) is 3.91. The average Bonchev–Trinajstić information content (AvgIpc) is 3.14. The van der Waals surface area contributed by atoms with E-state index in [2.05, 4.69) is 6.07 Å². The van der Waals surface area contributed by atoms with E-state index in [1.165, 1.54) is 18.3 Å². The second-order valence-electron chi connectivity index (χ2n) is 5.39. The lowest BCUT2D eigenvalue weighted by atomic mass is 9.70. The van der Waals surface area contributed by atoms with Gasteiger partial charge in [-0.25, -0.2) is 0 Å². The number of rotatable bonds is 2. The number of nitriles is 1. The van der Waals surface area contributed by atoms with Crippen molar-refractivity contribution in [1.82, 2.24) is 0 Å². The third-order valence-electron chi connectivity index (χ3n) is 4.24. The van der Waals surface area contributed by atoms with Gasteiger partial charge in [-0.2, -0.15) is 5.26 Å². The highest BCUT2D eigenvalue weighted by Crippen LogP contribution is 2.54. The van der Waals surface area contributed by atoms with Crippen molar-refractivity contribution in [2.75, 3.05) is 5.73 Å². The highest BCUT2D eigenvalue weighted by Gasteiger charge is 2.54. The number of Topliss-reactive ketones (excluding diaryl/α,β-unsaturated/α-hetero) is 2. The van der Waals surface area contributed by atoms with Crippen LogP contribution in [0.25, 0.3) is 0 Å². The number of nitrogen functional groups attached to an aromatic ring is 1. The van der Waals surface area contributed by atoms with Gasteiger partial charge in [-0.15, -0.1) is 11.3 Å². The van der Waals surface area contributed by atoms with E-state index in [0.717, 1.165) is 18.4 Å². The van der Waals surface area contributed by atoms with E-state index in [9.17, 15) is 14.9 Å². The lowest BCUT2D eigenvalue weighted by Gasteiger charge is -2.29. The van der Waals surface area contributed by atoms with Crippen LogP contribution in [-0.2, 0) is 6.42 Å². The van der Waals surface area contributed by atoms with E-state index < -0.39 is 5.41 Å². The van der Waals surface area contributed by atoms with Crippen LogP contribution < -0.4 is 5.73 Å². The van der Waals surface area contributed by atoms with Crippen molar-refractivity contribution in [3.05, 3.63) is 16.0 Å². The molecule has 4 nitrogen and oxygen atoms in total. The van der Waals surface area contributed by atoms with Gasteiger partial charge >= 0.3 is 0 Å². The molecule has 19 heavy (non-hydrogen) atoms. The quantitative estimate of drug-likeness (QED) is 0.840. The van der Waals surface area contributed by atoms with Gasteiger partial charge in [0.15, 0.2) is 11.6 Å². The van der Waals surface area contributed by atoms with Crippen LogP contribution in [0.15, 0.2) is 0 Å². The maximum Gasteiger partial charge on any atom is 0.193 e. The van der Waals surface area contributed by atoms with Gasteiger partial charge in [0, 0.05) is 0 Å². The topological polar surface area (TPSA) is 83.9 Å². The molecule has 0 bridgehead atoms. The number of fused-ring (bicyclic) bond motifs is 1. The highest BCUT2D eigenvalue weighted by atomic mass is 32.1. The molecule has 2 aliphatic rings. The molecule has 1 heterocycles. The minimum atomic E-state index is -0.863. The Morgan fingerprint density at radius 1 is 1.53 bits per heavy atom. The molecular formula is C14H14N2O2S. The number of hydrogen-bond donors (Lipinski definition) is 1. The average molecular weight is 274 g/mol. The molecule has 0 aliphatic heterocycles. The van der Waals surface area contributed by atoms with Crippen molar-refractivity contribution in [1.29, 1.82) is 5.26 Å². The molecule has 1 saturated carbocycles. The molecule has 3 rings (SSSR count). The summed E-state index contributed by atoms with van der Waals surface area (Å²) in [5.74, 6) is -0.0103. The van der Waals surface area contributed by atoms with E-state index in [0.29, 0.717) is 28.3 Å². The van der Waals surface area contributed by atoms with Crippen molar-refractivity contribution in [3.8, 4) is 6.07 Å². The lowest BCUT2D eigenvalue weighted by Crippen LogP contribution is -2.36. The van der Waals surface area contributed by atoms with Gasteiger partial charge in [0.1, 0.15) is 5.41 Å². The summed E-state index contributed by atoms with van der Waals surface area (Å²) in [6.45, 7) is 1.47. The third-order valence-corrected chi connectivity index (χ3v) is 5.30. The summed E-state index contributed by atoms with van der Waals surface area (Å²) >= 11 is 1.17. The molecule has 0 spiro atoms. The van der Waals surface area contributed by atoms with E-state index in [1.54, 1.807) is 0 Å². The lowest BCUT2D eigenvalue weighted by molar-refractivity contribution is 0.0811. The number of nitrogens with zero attached hydrogens (tertiary/aromatic N) is 1. The molecular weight excluding hydrogens is 260 g/mol. The van der Waals surface area contributed by atoms with Crippen LogP contribution in [0.5, 0.6) is 0 Å². The number of anilines is 1. The molecule has 5 heteroatoms. The Labute approximate surface area is 115 Å². The van der Waals surface area contributed by atoms with Crippen molar-refractivity contribution in [2.45, 2.75) is 32.6 Å². The first-order chi connectivity index (χ1) is 9.01. The van der Waals surface area contributed by atoms with Crippen LogP contribution in [0, 0.1) is 22.7 Å². The molecule has 1 fully saturated rings. The molecule has 1 aromatic heterocycles. The van der Waals surface area contributed by atoms with Crippen molar-refractivity contribution < 1.29 is 9.59 Å². The number of carbonyl (C=O) groups is 2. The zero-order valence-electron chi connectivity index (χ0n) is 10.7. The van der Waals surface area contributed by atoms with E-state index >= 15 is 0 Å². The molecule has 0 amide bonds. The van der Waals surface area contributed by atoms with Crippen LogP contribution in [0.4, 0.5) is 5.00 Å². The predicted molar refractivity (Wildman–Crippen MR) is 72.2 cm³/mol. The Hall–Kier alpha value is -1.67. The van der Waals surface area contributed by atoms with Gasteiger partial charge in [-0.05, 0) is 44.1 Å². The van der Waals surface area contributed by atoms with Crippen LogP contribution in [0.1, 0.15) is 51.8 Å². The minimum Gasteiger partial charge on any atom is -0.390 e. The van der Waals surface area contributed by atoms with Crippen molar-refractivity contribution >= 4 is 27.9 Å². The number of carbonyl (C=O) groups excluding carboxylic acids is 2. The minimum absolute atomic E-state index is 0.0984. The first-order valence-electron chi connectivity index (χ1n) is 6.39. The molecule has 1 unspecified atom stereocenters. The SMILES string of the molecule is CC(=O)c1c(N)sc2c1CCC(C#N)(C1CC1)C2=O. The number of hydrogen-bond acceptors (Lipinski definition) is 5. The summed E-state index contributed by atoms with van der Waals surface area (Å²) < 4.78 is 0. The maximum absolute atomic E-state index is 12.7. The van der Waals surface area contributed by atoms with E-state index in [-0.39, 0.29) is 17.5 Å². The Balaban J connectivity index is 2.13. The van der Waals surface area contributed by atoms with E-state index in [1.807, 2.05) is 0 Å². The smallest absolute Gasteiger partial charge is 0.193 e. The zero-order chi connectivity index (χ0) is 13.8. The summed E-state index contributed by atoms with van der Waals surface area (Å²) in [7, 11) is 0. The first-order valence-corrected chi connectivity index (χ1v) is 7.21. The fraction of sp³-hybridized carbons (Fsp3) is 0.500. The fourth-order valence-corrected chi connectivity index (χ4v) is 4.29. The number of ketones is 2. The summed E-state index contributed by atoms with van der Waals surface area (Å²) in [6, 6.07) is 2.26. The normalized spacial score (nSPS) is 25.8. The Morgan fingerprint density at radius 2 is 2.21 bits per heavy atom. The molecule has 0 radical (unpaired) electrons. The van der Waals surface area contributed by atoms with Gasteiger partial charge in [0.05, 0.1) is 21.5 Å².